The fraction of sp³-hybridized carbons (Fsp3) is 0.296. The summed E-state index contributed by atoms with van der Waals surface area (Å²) in [6, 6.07) is 9.19. The Morgan fingerprint density at radius 3 is 2.64 bits per heavy atom. The van der Waals surface area contributed by atoms with Crippen molar-refractivity contribution < 1.29 is 14.4 Å². The maximum Gasteiger partial charge on any atom is 0.246 e. The van der Waals surface area contributed by atoms with Crippen molar-refractivity contribution in [2.45, 2.75) is 38.8 Å². The molecule has 4 rings (SSSR count). The number of halogens is 3. The monoisotopic (exact) mass is 589 g/mol. The van der Waals surface area contributed by atoms with Crippen molar-refractivity contribution in [1.82, 2.24) is 14.8 Å². The highest BCUT2D eigenvalue weighted by molar-refractivity contribution is 9.10. The van der Waals surface area contributed by atoms with Crippen molar-refractivity contribution in [2.24, 2.45) is 0 Å². The Balaban J connectivity index is 1.47. The predicted octanol–water partition coefficient (Wildman–Crippen LogP) is 5.74. The van der Waals surface area contributed by atoms with E-state index in [1.165, 1.54) is 6.08 Å². The molecule has 2 aromatic carbocycles. The molecule has 2 heterocycles. The molecular formula is C27H26BrCl2N3O3. The van der Waals surface area contributed by atoms with E-state index in [1.807, 2.05) is 29.7 Å². The van der Waals surface area contributed by atoms with Gasteiger partial charge in [-0.25, -0.2) is 0 Å². The molecule has 1 fully saturated rings. The first-order chi connectivity index (χ1) is 17.2. The second-order valence-corrected chi connectivity index (χ2v) is 10.8. The minimum atomic E-state index is -0.165. The smallest absolute Gasteiger partial charge is 0.246 e. The van der Waals surface area contributed by atoms with Crippen LogP contribution in [0.3, 0.4) is 0 Å². The zero-order valence-corrected chi connectivity index (χ0v) is 22.9. The van der Waals surface area contributed by atoms with Crippen molar-refractivity contribution in [1.29, 1.82) is 0 Å². The number of nitrogens with one attached hydrogen (secondary N) is 1. The minimum absolute atomic E-state index is 0.0133. The van der Waals surface area contributed by atoms with Gasteiger partial charge in [-0.1, -0.05) is 51.8 Å². The fourth-order valence-corrected chi connectivity index (χ4v) is 5.64. The number of benzene rings is 2. The predicted molar refractivity (Wildman–Crippen MR) is 147 cm³/mol. The van der Waals surface area contributed by atoms with E-state index in [0.29, 0.717) is 48.0 Å². The normalized spacial score (nSPS) is 13.5. The number of carbonyl (C=O) groups is 3. The van der Waals surface area contributed by atoms with E-state index in [9.17, 15) is 14.4 Å². The van der Waals surface area contributed by atoms with Gasteiger partial charge in [0.1, 0.15) is 6.54 Å². The quantitative estimate of drug-likeness (QED) is 0.255. The van der Waals surface area contributed by atoms with Crippen LogP contribution in [0.15, 0.2) is 53.7 Å². The molecule has 1 aliphatic heterocycles. The van der Waals surface area contributed by atoms with Crippen molar-refractivity contribution in [2.75, 3.05) is 13.1 Å². The van der Waals surface area contributed by atoms with Gasteiger partial charge in [-0.05, 0) is 61.2 Å². The van der Waals surface area contributed by atoms with Gasteiger partial charge in [0.25, 0.3) is 0 Å². The van der Waals surface area contributed by atoms with Crippen molar-refractivity contribution in [3.05, 3.63) is 80.4 Å². The van der Waals surface area contributed by atoms with E-state index < -0.39 is 0 Å². The zero-order chi connectivity index (χ0) is 26.0. The molecule has 3 aromatic rings. The summed E-state index contributed by atoms with van der Waals surface area (Å²) >= 11 is 15.8. The van der Waals surface area contributed by atoms with Crippen LogP contribution < -0.4 is 5.32 Å². The molecule has 0 bridgehead atoms. The molecule has 188 valence electrons. The number of ketones is 1. The van der Waals surface area contributed by atoms with Gasteiger partial charge in [0.2, 0.25) is 11.8 Å². The average molecular weight is 591 g/mol. The number of nitrogens with zero attached hydrogens (tertiary/aromatic N) is 2. The van der Waals surface area contributed by atoms with Gasteiger partial charge in [0.15, 0.2) is 5.78 Å². The summed E-state index contributed by atoms with van der Waals surface area (Å²) in [6.07, 6.45) is 4.70. The summed E-state index contributed by atoms with van der Waals surface area (Å²) in [5.41, 5.74) is 3.37. The Bertz CT molecular complexity index is 1360. The van der Waals surface area contributed by atoms with Crippen LogP contribution in [0.25, 0.3) is 10.9 Å². The number of aromatic nitrogens is 1. The maximum atomic E-state index is 13.2. The molecule has 9 heteroatoms. The standard InChI is InChI=1S/C27H26BrCl2N3O3/c1-3-26(36)32-12-20(13-32)31-25(35)15-33-14-22(21-10-18(28)9-16(2)27(21)33)24(34)6-4-5-17-7-8-19(29)11-23(17)30/h3,7-11,14,20H,1,4-6,12-13,15H2,2H3,(H,31,35). The van der Waals surface area contributed by atoms with Gasteiger partial charge >= 0.3 is 0 Å². The van der Waals surface area contributed by atoms with Crippen LogP contribution in [0.5, 0.6) is 0 Å². The van der Waals surface area contributed by atoms with Crippen LogP contribution in [0.2, 0.25) is 10.0 Å². The number of carbonyl (C=O) groups excluding carboxylic acids is 3. The number of fused-ring (bicyclic) bond motifs is 1. The molecule has 0 spiro atoms. The third-order valence-corrected chi connectivity index (χ3v) is 7.38. The van der Waals surface area contributed by atoms with E-state index in [2.05, 4.69) is 27.8 Å². The molecule has 0 aliphatic carbocycles. The lowest BCUT2D eigenvalue weighted by atomic mass is 10.0. The molecule has 0 atom stereocenters. The summed E-state index contributed by atoms with van der Waals surface area (Å²) in [6.45, 7) is 6.46. The first kappa shape index (κ1) is 26.5. The SMILES string of the molecule is C=CC(=O)N1CC(NC(=O)Cn2cc(C(=O)CCCc3ccc(Cl)cc3Cl)c3cc(Br)cc(C)c32)C1. The summed E-state index contributed by atoms with van der Waals surface area (Å²) in [4.78, 5) is 39.3. The second-order valence-electron chi connectivity index (χ2n) is 9.01. The van der Waals surface area contributed by atoms with Crippen molar-refractivity contribution in [3.63, 3.8) is 0 Å². The highest BCUT2D eigenvalue weighted by atomic mass is 79.9. The molecule has 1 saturated heterocycles. The number of aryl methyl sites for hydroxylation is 2. The largest absolute Gasteiger partial charge is 0.348 e. The Morgan fingerprint density at radius 1 is 1.19 bits per heavy atom. The lowest BCUT2D eigenvalue weighted by molar-refractivity contribution is -0.133. The van der Waals surface area contributed by atoms with Crippen LogP contribution in [-0.4, -0.2) is 46.2 Å². The van der Waals surface area contributed by atoms with Gasteiger partial charge < -0.3 is 14.8 Å². The average Bonchev–Trinajstić information content (AvgIpc) is 3.15. The first-order valence-electron chi connectivity index (χ1n) is 11.6. The second kappa shape index (κ2) is 11.2. The number of hydrogen-bond acceptors (Lipinski definition) is 3. The number of amides is 2. The highest BCUT2D eigenvalue weighted by Gasteiger charge is 2.30. The summed E-state index contributed by atoms with van der Waals surface area (Å²) in [5.74, 6) is -0.291. The van der Waals surface area contributed by atoms with Crippen molar-refractivity contribution >= 4 is 67.6 Å². The van der Waals surface area contributed by atoms with Crippen LogP contribution in [0.4, 0.5) is 0 Å². The third kappa shape index (κ3) is 5.85. The molecule has 1 aromatic heterocycles. The summed E-state index contributed by atoms with van der Waals surface area (Å²) in [5, 5.41) is 4.96. The Morgan fingerprint density at radius 2 is 1.94 bits per heavy atom. The van der Waals surface area contributed by atoms with Crippen LogP contribution in [0.1, 0.15) is 34.3 Å². The van der Waals surface area contributed by atoms with Crippen LogP contribution >= 0.6 is 39.1 Å². The van der Waals surface area contributed by atoms with E-state index in [0.717, 1.165) is 26.5 Å². The molecular weight excluding hydrogens is 565 g/mol. The third-order valence-electron chi connectivity index (χ3n) is 6.34. The number of Topliss-reactive ketones (excluding diaryl/α,β-unsaturated/α-hetero) is 1. The lowest BCUT2D eigenvalue weighted by Crippen LogP contribution is -2.61. The Hall–Kier alpha value is -2.61. The van der Waals surface area contributed by atoms with Crippen LogP contribution in [-0.2, 0) is 22.6 Å². The molecule has 0 unspecified atom stereocenters. The fourth-order valence-electron chi connectivity index (χ4n) is 4.56. The van der Waals surface area contributed by atoms with Crippen molar-refractivity contribution in [3.8, 4) is 0 Å². The molecule has 36 heavy (non-hydrogen) atoms. The molecule has 1 aliphatic rings. The van der Waals surface area contributed by atoms with E-state index in [-0.39, 0.29) is 30.2 Å². The first-order valence-corrected chi connectivity index (χ1v) is 13.2. The topological polar surface area (TPSA) is 71.4 Å². The van der Waals surface area contributed by atoms with E-state index in [4.69, 9.17) is 23.2 Å². The molecule has 1 N–H and O–H groups in total. The number of hydrogen-bond donors (Lipinski definition) is 1. The summed E-state index contributed by atoms with van der Waals surface area (Å²) in [7, 11) is 0. The number of rotatable bonds is 9. The number of likely N-dealkylation sites (tertiary alicyclic amines) is 1. The van der Waals surface area contributed by atoms with Gasteiger partial charge in [0.05, 0.1) is 11.6 Å². The van der Waals surface area contributed by atoms with E-state index in [1.54, 1.807) is 23.2 Å². The molecule has 0 radical (unpaired) electrons. The highest BCUT2D eigenvalue weighted by Crippen LogP contribution is 2.30. The van der Waals surface area contributed by atoms with Gasteiger partial charge in [-0.3, -0.25) is 14.4 Å². The van der Waals surface area contributed by atoms with Gasteiger partial charge in [0, 0.05) is 51.2 Å². The van der Waals surface area contributed by atoms with E-state index >= 15 is 0 Å². The molecule has 0 saturated carbocycles. The Labute approximate surface area is 228 Å². The Kier molecular flexibility index (Phi) is 8.23. The minimum Gasteiger partial charge on any atom is -0.348 e. The van der Waals surface area contributed by atoms with Crippen LogP contribution in [0, 0.1) is 6.92 Å². The van der Waals surface area contributed by atoms with Gasteiger partial charge in [-0.2, -0.15) is 0 Å². The lowest BCUT2D eigenvalue weighted by Gasteiger charge is -2.38. The summed E-state index contributed by atoms with van der Waals surface area (Å²) < 4.78 is 2.71. The zero-order valence-electron chi connectivity index (χ0n) is 19.8. The molecule has 2 amide bonds. The maximum absolute atomic E-state index is 13.2. The molecule has 6 nitrogen and oxygen atoms in total. The van der Waals surface area contributed by atoms with Gasteiger partial charge in [-0.15, -0.1) is 0 Å².